The minimum atomic E-state index is -0.224. The molecule has 0 aliphatic carbocycles. The van der Waals surface area contributed by atoms with Gasteiger partial charge in [0.1, 0.15) is 10.5 Å². The highest BCUT2D eigenvalue weighted by molar-refractivity contribution is 7.24. The first-order valence-corrected chi connectivity index (χ1v) is 9.01. The fraction of sp³-hybridized carbons (Fsp3) is 0.267. The topological polar surface area (TPSA) is 50.9 Å². The maximum Gasteiger partial charge on any atom is 0.127 e. The lowest BCUT2D eigenvalue weighted by atomic mass is 10.1. The number of nitrogens with one attached hydrogen (secondary N) is 1. The van der Waals surface area contributed by atoms with Crippen molar-refractivity contribution in [3.63, 3.8) is 0 Å². The molecule has 0 unspecified atom stereocenters. The Labute approximate surface area is 136 Å². The van der Waals surface area contributed by atoms with Gasteiger partial charge >= 0.3 is 0 Å². The van der Waals surface area contributed by atoms with E-state index < -0.39 is 0 Å². The first-order valence-electron chi connectivity index (χ1n) is 6.54. The number of aromatic nitrogens is 1. The van der Waals surface area contributed by atoms with E-state index in [9.17, 15) is 0 Å². The Balaban J connectivity index is 1.84. The Morgan fingerprint density at radius 3 is 3.10 bits per heavy atom. The molecule has 108 valence electrons. The molecule has 0 saturated heterocycles. The van der Waals surface area contributed by atoms with Crippen LogP contribution >= 0.6 is 34.2 Å². The number of thiophene rings is 2. The number of terminal acetylenes is 1. The molecule has 21 heavy (non-hydrogen) atoms. The van der Waals surface area contributed by atoms with E-state index >= 15 is 0 Å². The molecule has 1 atom stereocenters. The van der Waals surface area contributed by atoms with E-state index in [0.29, 0.717) is 0 Å². The Hall–Kier alpha value is -1.39. The summed E-state index contributed by atoms with van der Waals surface area (Å²) in [5, 5.41) is 6.71. The summed E-state index contributed by atoms with van der Waals surface area (Å²) in [7, 11) is 0. The SMILES string of the molecule is C#C[C@H](N)Cc1sc2c(NCc3cccs3)snc2c1C. The predicted molar refractivity (Wildman–Crippen MR) is 94.4 cm³/mol. The number of anilines is 1. The summed E-state index contributed by atoms with van der Waals surface area (Å²) < 4.78 is 5.79. The first kappa shape index (κ1) is 14.5. The predicted octanol–water partition coefficient (Wildman–Crippen LogP) is 3.84. The standard InChI is InChI=1S/C15H15N3S3/c1-3-10(16)7-12-9(2)13-14(20-12)15(21-18-13)17-8-11-5-4-6-19-11/h1,4-6,10,17H,7-8,16H2,2H3/t10-/m0/s1. The number of hydrogen-bond donors (Lipinski definition) is 2. The molecule has 3 heterocycles. The zero-order chi connectivity index (χ0) is 14.8. The number of fused-ring (bicyclic) bond motifs is 1. The highest BCUT2D eigenvalue weighted by atomic mass is 32.1. The van der Waals surface area contributed by atoms with Gasteiger partial charge in [0.05, 0.1) is 17.3 Å². The van der Waals surface area contributed by atoms with E-state index in [-0.39, 0.29) is 6.04 Å². The quantitative estimate of drug-likeness (QED) is 0.698. The van der Waals surface area contributed by atoms with Crippen LogP contribution in [0.15, 0.2) is 17.5 Å². The van der Waals surface area contributed by atoms with E-state index in [0.717, 1.165) is 23.5 Å². The Bertz CT molecular complexity index is 777. The van der Waals surface area contributed by atoms with Gasteiger partial charge in [0.25, 0.3) is 0 Å². The number of aryl methyl sites for hydroxylation is 1. The van der Waals surface area contributed by atoms with Gasteiger partial charge < -0.3 is 11.1 Å². The van der Waals surface area contributed by atoms with E-state index in [2.05, 4.69) is 40.0 Å². The average molecular weight is 334 g/mol. The summed E-state index contributed by atoms with van der Waals surface area (Å²) in [4.78, 5) is 2.56. The summed E-state index contributed by atoms with van der Waals surface area (Å²) in [6, 6.07) is 3.98. The van der Waals surface area contributed by atoms with Gasteiger partial charge in [-0.1, -0.05) is 12.0 Å². The van der Waals surface area contributed by atoms with Crippen molar-refractivity contribution in [3.8, 4) is 12.3 Å². The molecule has 0 radical (unpaired) electrons. The van der Waals surface area contributed by atoms with Gasteiger partial charge in [-0.2, -0.15) is 4.37 Å². The zero-order valence-electron chi connectivity index (χ0n) is 11.6. The molecule has 3 nitrogen and oxygen atoms in total. The monoisotopic (exact) mass is 333 g/mol. The summed E-state index contributed by atoms with van der Waals surface area (Å²) in [6.07, 6.45) is 6.10. The Kier molecular flexibility index (Phi) is 4.27. The van der Waals surface area contributed by atoms with Crippen LogP contribution < -0.4 is 11.1 Å². The van der Waals surface area contributed by atoms with Crippen molar-refractivity contribution in [3.05, 3.63) is 32.8 Å². The van der Waals surface area contributed by atoms with Crippen LogP contribution in [0.5, 0.6) is 0 Å². The molecule has 0 aliphatic heterocycles. The Morgan fingerprint density at radius 2 is 2.38 bits per heavy atom. The third-order valence-electron chi connectivity index (χ3n) is 3.27. The summed E-state index contributed by atoms with van der Waals surface area (Å²) in [6.45, 7) is 2.94. The Morgan fingerprint density at radius 1 is 1.52 bits per heavy atom. The summed E-state index contributed by atoms with van der Waals surface area (Å²) in [5.74, 6) is 2.59. The molecule has 0 fully saturated rings. The zero-order valence-corrected chi connectivity index (χ0v) is 14.0. The van der Waals surface area contributed by atoms with Gasteiger partial charge in [0, 0.05) is 16.2 Å². The van der Waals surface area contributed by atoms with Crippen molar-refractivity contribution in [2.75, 3.05) is 5.32 Å². The van der Waals surface area contributed by atoms with Gasteiger partial charge in [-0.15, -0.1) is 29.1 Å². The van der Waals surface area contributed by atoms with Crippen molar-refractivity contribution in [1.29, 1.82) is 0 Å². The third-order valence-corrected chi connectivity index (χ3v) is 6.40. The molecule has 0 saturated carbocycles. The van der Waals surface area contributed by atoms with Crippen molar-refractivity contribution in [2.45, 2.75) is 25.9 Å². The smallest absolute Gasteiger partial charge is 0.127 e. The molecule has 3 aromatic rings. The van der Waals surface area contributed by atoms with Crippen LogP contribution in [-0.4, -0.2) is 10.4 Å². The molecule has 3 N–H and O–H groups in total. The van der Waals surface area contributed by atoms with Gasteiger partial charge in [-0.05, 0) is 35.5 Å². The summed E-state index contributed by atoms with van der Waals surface area (Å²) in [5.41, 5.74) is 8.15. The van der Waals surface area contributed by atoms with E-state index in [1.807, 2.05) is 0 Å². The molecule has 0 bridgehead atoms. The largest absolute Gasteiger partial charge is 0.370 e. The van der Waals surface area contributed by atoms with Crippen LogP contribution in [0.3, 0.4) is 0 Å². The molecule has 3 aromatic heterocycles. The number of nitrogens with zero attached hydrogens (tertiary/aromatic N) is 1. The second-order valence-electron chi connectivity index (χ2n) is 4.75. The first-order chi connectivity index (χ1) is 10.2. The molecular weight excluding hydrogens is 318 g/mol. The molecule has 6 heteroatoms. The van der Waals surface area contributed by atoms with Crippen molar-refractivity contribution < 1.29 is 0 Å². The van der Waals surface area contributed by atoms with E-state index in [1.54, 1.807) is 22.7 Å². The van der Waals surface area contributed by atoms with Crippen LogP contribution in [0.2, 0.25) is 0 Å². The number of rotatable bonds is 5. The average Bonchev–Trinajstić information content (AvgIpc) is 3.17. The van der Waals surface area contributed by atoms with Crippen molar-refractivity contribution >= 4 is 49.4 Å². The lowest BCUT2D eigenvalue weighted by Gasteiger charge is -2.02. The number of nitrogens with two attached hydrogens (primary N) is 1. The van der Waals surface area contributed by atoms with Gasteiger partial charge in [0.2, 0.25) is 0 Å². The second-order valence-corrected chi connectivity index (χ2v) is 7.66. The van der Waals surface area contributed by atoms with Crippen LogP contribution in [0.4, 0.5) is 5.00 Å². The number of hydrogen-bond acceptors (Lipinski definition) is 6. The lowest BCUT2D eigenvalue weighted by molar-refractivity contribution is 0.844. The normalized spacial score (nSPS) is 12.4. The summed E-state index contributed by atoms with van der Waals surface area (Å²) >= 11 is 5.03. The van der Waals surface area contributed by atoms with Crippen molar-refractivity contribution in [1.82, 2.24) is 4.37 Å². The molecule has 3 rings (SSSR count). The molecule has 0 spiro atoms. The van der Waals surface area contributed by atoms with Crippen LogP contribution in [0.1, 0.15) is 15.3 Å². The fourth-order valence-electron chi connectivity index (χ4n) is 2.09. The van der Waals surface area contributed by atoms with Gasteiger partial charge in [-0.3, -0.25) is 0 Å². The third kappa shape index (κ3) is 2.97. The minimum Gasteiger partial charge on any atom is -0.370 e. The molecular formula is C15H15N3S3. The van der Waals surface area contributed by atoms with Crippen molar-refractivity contribution in [2.24, 2.45) is 5.73 Å². The highest BCUT2D eigenvalue weighted by Gasteiger charge is 2.16. The van der Waals surface area contributed by atoms with Gasteiger partial charge in [-0.25, -0.2) is 0 Å². The lowest BCUT2D eigenvalue weighted by Crippen LogP contribution is -2.19. The van der Waals surface area contributed by atoms with Gasteiger partial charge in [0.15, 0.2) is 0 Å². The second kappa shape index (κ2) is 6.16. The van der Waals surface area contributed by atoms with E-state index in [4.69, 9.17) is 12.2 Å². The maximum atomic E-state index is 5.86. The molecule has 0 aromatic carbocycles. The van der Waals surface area contributed by atoms with E-state index in [1.165, 1.54) is 31.6 Å². The molecule has 0 amide bonds. The minimum absolute atomic E-state index is 0.224. The highest BCUT2D eigenvalue weighted by Crippen LogP contribution is 2.38. The van der Waals surface area contributed by atoms with Crippen LogP contribution in [0, 0.1) is 19.3 Å². The molecule has 0 aliphatic rings. The maximum absolute atomic E-state index is 5.86. The van der Waals surface area contributed by atoms with Crippen LogP contribution in [0.25, 0.3) is 10.2 Å². The fourth-order valence-corrected chi connectivity index (χ4v) is 4.98. The van der Waals surface area contributed by atoms with Crippen LogP contribution in [-0.2, 0) is 13.0 Å².